The van der Waals surface area contributed by atoms with Gasteiger partial charge in [0.05, 0.1) is 5.69 Å². The number of hydrogen-bond acceptors (Lipinski definition) is 3. The van der Waals surface area contributed by atoms with Crippen LogP contribution in [-0.4, -0.2) is 6.71 Å². The second kappa shape index (κ2) is 16.9. The fraction of sp³-hybridized carbons (Fsp3) is 0.351. The van der Waals surface area contributed by atoms with Gasteiger partial charge in [-0.25, -0.2) is 0 Å². The van der Waals surface area contributed by atoms with Crippen LogP contribution in [0.15, 0.2) is 144 Å². The molecular formula is C74H79BN2O. The molecule has 0 spiro atoms. The maximum atomic E-state index is 7.56. The monoisotopic (exact) mass is 1020 g/mol. The zero-order valence-electron chi connectivity index (χ0n) is 49.5. The number of rotatable bonds is 4. The summed E-state index contributed by atoms with van der Waals surface area (Å²) in [6, 6.07) is 54.8. The predicted molar refractivity (Wildman–Crippen MR) is 336 cm³/mol. The second-order valence-corrected chi connectivity index (χ2v) is 28.8. The fourth-order valence-electron chi connectivity index (χ4n) is 14.8. The van der Waals surface area contributed by atoms with Crippen LogP contribution < -0.4 is 26.2 Å². The lowest BCUT2D eigenvalue weighted by atomic mass is 9.32. The van der Waals surface area contributed by atoms with Crippen LogP contribution in [0.3, 0.4) is 0 Å². The minimum Gasteiger partial charge on any atom is -0.457 e. The summed E-state index contributed by atoms with van der Waals surface area (Å²) in [6.07, 6.45) is 4.60. The van der Waals surface area contributed by atoms with E-state index in [2.05, 4.69) is 260 Å². The first kappa shape index (κ1) is 50.7. The lowest BCUT2D eigenvalue weighted by Gasteiger charge is -2.48. The Morgan fingerprint density at radius 1 is 0.462 bits per heavy atom. The van der Waals surface area contributed by atoms with Crippen molar-refractivity contribution < 1.29 is 4.42 Å². The minimum atomic E-state index is -0.157. The van der Waals surface area contributed by atoms with E-state index in [0.717, 1.165) is 41.8 Å². The van der Waals surface area contributed by atoms with Gasteiger partial charge in [0.25, 0.3) is 6.71 Å². The third kappa shape index (κ3) is 7.58. The van der Waals surface area contributed by atoms with Crippen molar-refractivity contribution in [1.82, 2.24) is 0 Å². The van der Waals surface area contributed by atoms with E-state index in [1.807, 2.05) is 0 Å². The summed E-state index contributed by atoms with van der Waals surface area (Å²) in [6.45, 7) is 38.3. The summed E-state index contributed by atoms with van der Waals surface area (Å²) < 4.78 is 7.56. The lowest BCUT2D eigenvalue weighted by molar-refractivity contribution is 0.332. The van der Waals surface area contributed by atoms with Gasteiger partial charge in [0, 0.05) is 44.8 Å². The van der Waals surface area contributed by atoms with Crippen LogP contribution in [0, 0.1) is 13.8 Å². The number of nitrogens with zero attached hydrogens (tertiary/aromatic N) is 2. The van der Waals surface area contributed by atoms with Crippen LogP contribution in [0.5, 0.6) is 0 Å². The van der Waals surface area contributed by atoms with Crippen molar-refractivity contribution in [2.45, 2.75) is 169 Å². The van der Waals surface area contributed by atoms with E-state index in [0.29, 0.717) is 0 Å². The van der Waals surface area contributed by atoms with Gasteiger partial charge in [-0.3, -0.25) is 0 Å². The minimum absolute atomic E-state index is 0.0113. The highest BCUT2D eigenvalue weighted by Crippen LogP contribution is 2.55. The van der Waals surface area contributed by atoms with E-state index in [4.69, 9.17) is 4.42 Å². The van der Waals surface area contributed by atoms with Crippen molar-refractivity contribution in [3.8, 4) is 22.3 Å². The van der Waals surface area contributed by atoms with Crippen LogP contribution >= 0.6 is 0 Å². The molecule has 8 aromatic carbocycles. The summed E-state index contributed by atoms with van der Waals surface area (Å²) in [5.41, 5.74) is 29.0. The Bertz CT molecular complexity index is 3960. The Kier molecular flexibility index (Phi) is 11.0. The number of furan rings is 1. The molecule has 2 aliphatic carbocycles. The molecule has 0 unspecified atom stereocenters. The number of anilines is 6. The summed E-state index contributed by atoms with van der Waals surface area (Å²) in [5.74, 6) is 0. The molecule has 78 heavy (non-hydrogen) atoms. The maximum Gasteiger partial charge on any atom is 0.257 e. The largest absolute Gasteiger partial charge is 0.457 e. The van der Waals surface area contributed by atoms with Crippen molar-refractivity contribution in [2.24, 2.45) is 0 Å². The molecule has 0 amide bonds. The van der Waals surface area contributed by atoms with Gasteiger partial charge in [0.1, 0.15) is 11.2 Å². The van der Waals surface area contributed by atoms with Gasteiger partial charge in [-0.1, -0.05) is 176 Å². The van der Waals surface area contributed by atoms with E-state index in [1.165, 1.54) is 123 Å². The molecule has 394 valence electrons. The molecule has 0 saturated carbocycles. The molecule has 0 saturated heterocycles. The molecule has 2 aliphatic heterocycles. The molecule has 0 radical (unpaired) electrons. The van der Waals surface area contributed by atoms with Crippen LogP contribution in [0.4, 0.5) is 34.1 Å². The Morgan fingerprint density at radius 3 is 1.69 bits per heavy atom. The average Bonchev–Trinajstić information content (AvgIpc) is 2.63. The highest BCUT2D eigenvalue weighted by molar-refractivity contribution is 7.01. The summed E-state index contributed by atoms with van der Waals surface area (Å²) in [7, 11) is 0. The van der Waals surface area contributed by atoms with Crippen molar-refractivity contribution in [2.75, 3.05) is 9.80 Å². The van der Waals surface area contributed by atoms with E-state index < -0.39 is 0 Å². The Labute approximate surface area is 466 Å². The summed E-state index contributed by atoms with van der Waals surface area (Å²) >= 11 is 0. The fourth-order valence-corrected chi connectivity index (χ4v) is 14.8. The Balaban J connectivity index is 1.24. The SMILES string of the molecule is Cc1cccc(C)c1-c1cc2c3c(c1)N(c1ccc(C(C)(C)C)cc1-c1ccccc1)c1ccc4c(oc5cccc(C(C)(C)C)c54)c1B3c1cc3c(cc1N2c1ccc2c(c1)C(C)(C)CCC2(C)C)C(C)(C)CCC3(C)C. The zero-order valence-corrected chi connectivity index (χ0v) is 49.5. The van der Waals surface area contributed by atoms with Gasteiger partial charge in [0.15, 0.2) is 0 Å². The molecule has 9 aromatic rings. The van der Waals surface area contributed by atoms with Gasteiger partial charge in [-0.05, 0) is 210 Å². The normalized spacial score (nSPS) is 17.6. The number of fused-ring (bicyclic) bond motifs is 10. The molecule has 0 bridgehead atoms. The van der Waals surface area contributed by atoms with Crippen LogP contribution in [0.25, 0.3) is 44.2 Å². The van der Waals surface area contributed by atoms with E-state index in [-0.39, 0.29) is 39.2 Å². The smallest absolute Gasteiger partial charge is 0.257 e. The highest BCUT2D eigenvalue weighted by atomic mass is 16.3. The second-order valence-electron chi connectivity index (χ2n) is 28.8. The highest BCUT2D eigenvalue weighted by Gasteiger charge is 2.49. The van der Waals surface area contributed by atoms with Crippen LogP contribution in [-0.2, 0) is 32.5 Å². The van der Waals surface area contributed by atoms with Crippen molar-refractivity contribution in [3.05, 3.63) is 184 Å². The molecule has 0 atom stereocenters. The summed E-state index contributed by atoms with van der Waals surface area (Å²) in [5, 5.41) is 2.40. The molecule has 1 aromatic heterocycles. The number of hydrogen-bond donors (Lipinski definition) is 0. The van der Waals surface area contributed by atoms with E-state index >= 15 is 0 Å². The summed E-state index contributed by atoms with van der Waals surface area (Å²) in [4.78, 5) is 5.37. The molecule has 0 N–H and O–H groups in total. The van der Waals surface area contributed by atoms with E-state index in [1.54, 1.807) is 0 Å². The van der Waals surface area contributed by atoms with Crippen molar-refractivity contribution >= 4 is 79.2 Å². The van der Waals surface area contributed by atoms with E-state index in [9.17, 15) is 0 Å². The van der Waals surface area contributed by atoms with Gasteiger partial charge < -0.3 is 14.2 Å². The van der Waals surface area contributed by atoms with Crippen LogP contribution in [0.1, 0.15) is 167 Å². The van der Waals surface area contributed by atoms with Gasteiger partial charge in [-0.2, -0.15) is 0 Å². The standard InChI is InChI=1S/C74H79BN2O/c1-44-22-20-23-45(2)64(44)47-38-61-66-62(39-47)77(58-32-28-48(69(3,4)5)40-51(58)46-24-18-17-19-25-46)59-33-30-50-65-53(70(6,7)8)26-21-27-63(65)78-68(50)67(59)75(66)57-42-55-56(74(15,16)37-36-73(55,13)14)43-60(57)76(61)49-29-31-52-54(41-49)72(11,12)35-34-71(52,9)10/h17-33,38-43H,34-37H2,1-16H3. The molecule has 0 fully saturated rings. The average molecular weight is 1020 g/mol. The zero-order chi connectivity index (χ0) is 55.0. The molecule has 3 nitrogen and oxygen atoms in total. The molecule has 13 rings (SSSR count). The van der Waals surface area contributed by atoms with Gasteiger partial charge >= 0.3 is 0 Å². The van der Waals surface area contributed by atoms with Crippen LogP contribution in [0.2, 0.25) is 0 Å². The molecule has 4 heteroatoms. The van der Waals surface area contributed by atoms with Gasteiger partial charge in [-0.15, -0.1) is 0 Å². The number of benzene rings is 8. The third-order valence-corrected chi connectivity index (χ3v) is 19.5. The lowest BCUT2D eigenvalue weighted by Crippen LogP contribution is -2.62. The topological polar surface area (TPSA) is 19.6 Å². The first-order valence-electron chi connectivity index (χ1n) is 29.1. The third-order valence-electron chi connectivity index (χ3n) is 19.5. The predicted octanol–water partition coefficient (Wildman–Crippen LogP) is 18.9. The van der Waals surface area contributed by atoms with Crippen molar-refractivity contribution in [3.63, 3.8) is 0 Å². The number of aryl methyl sites for hydroxylation is 2. The molecule has 3 heterocycles. The quantitative estimate of drug-likeness (QED) is 0.164. The first-order chi connectivity index (χ1) is 36.7. The van der Waals surface area contributed by atoms with Crippen molar-refractivity contribution in [1.29, 1.82) is 0 Å². The maximum absolute atomic E-state index is 7.56. The first-order valence-corrected chi connectivity index (χ1v) is 29.1. The molecular weight excluding hydrogens is 944 g/mol. The Morgan fingerprint density at radius 2 is 1.05 bits per heavy atom. The Hall–Kier alpha value is -6.78. The van der Waals surface area contributed by atoms with Gasteiger partial charge in [0.2, 0.25) is 0 Å². The molecule has 4 aliphatic rings.